The first kappa shape index (κ1) is 9.58. The predicted octanol–water partition coefficient (Wildman–Crippen LogP) is 1.33. The van der Waals surface area contributed by atoms with Crippen LogP contribution in [0, 0.1) is 5.92 Å². The summed E-state index contributed by atoms with van der Waals surface area (Å²) in [7, 11) is 1.59. The summed E-state index contributed by atoms with van der Waals surface area (Å²) in [6, 6.07) is 9.80. The van der Waals surface area contributed by atoms with Crippen molar-refractivity contribution in [2.75, 3.05) is 7.05 Å². The molecule has 1 aromatic rings. The van der Waals surface area contributed by atoms with E-state index in [0.717, 1.165) is 5.56 Å². The number of piperidine rings is 2. The minimum absolute atomic E-state index is 0.0113. The van der Waals surface area contributed by atoms with Gasteiger partial charge in [0.1, 0.15) is 0 Å². The molecule has 1 aromatic carbocycles. The number of rotatable bonds is 1. The molecule has 0 atom stereocenters. The fourth-order valence-corrected chi connectivity index (χ4v) is 2.94. The third kappa shape index (κ3) is 0.979. The number of hydrogen-bond acceptors (Lipinski definition) is 2. The number of hydrogen-bond donors (Lipinski definition) is 0. The highest BCUT2D eigenvalue weighted by Gasteiger charge is 2.60. The largest absolute Gasteiger partial charge is 0.285 e. The monoisotopic (exact) mass is 215 g/mol. The lowest BCUT2D eigenvalue weighted by atomic mass is 9.55. The van der Waals surface area contributed by atoms with Gasteiger partial charge in [-0.05, 0) is 18.4 Å². The van der Waals surface area contributed by atoms with E-state index in [-0.39, 0.29) is 17.7 Å². The van der Waals surface area contributed by atoms with E-state index in [1.165, 1.54) is 4.90 Å². The normalized spacial score (nSPS) is 32.6. The molecule has 1 saturated carbocycles. The fourth-order valence-electron chi connectivity index (χ4n) is 2.94. The van der Waals surface area contributed by atoms with Crippen LogP contribution in [0.15, 0.2) is 30.3 Å². The van der Waals surface area contributed by atoms with Crippen molar-refractivity contribution >= 4 is 11.8 Å². The van der Waals surface area contributed by atoms with E-state index in [0.29, 0.717) is 12.8 Å². The third-order valence-corrected chi connectivity index (χ3v) is 3.91. The minimum atomic E-state index is -0.408. The Morgan fingerprint density at radius 1 is 1.19 bits per heavy atom. The van der Waals surface area contributed by atoms with Gasteiger partial charge in [-0.2, -0.15) is 0 Å². The van der Waals surface area contributed by atoms with Crippen LogP contribution in [-0.4, -0.2) is 23.8 Å². The Balaban J connectivity index is 2.04. The number of likely N-dealkylation sites (N-methyl/N-ethyl adjacent to an activating group) is 1. The van der Waals surface area contributed by atoms with Crippen molar-refractivity contribution in [3.8, 4) is 0 Å². The highest BCUT2D eigenvalue weighted by molar-refractivity contribution is 6.07. The molecule has 3 aliphatic rings. The topological polar surface area (TPSA) is 37.4 Å². The Morgan fingerprint density at radius 2 is 1.81 bits per heavy atom. The second kappa shape index (κ2) is 2.94. The second-order valence-electron chi connectivity index (χ2n) is 4.76. The molecule has 0 aromatic heterocycles. The zero-order valence-corrected chi connectivity index (χ0v) is 9.14. The number of carbonyl (C=O) groups is 2. The summed E-state index contributed by atoms with van der Waals surface area (Å²) in [5, 5.41) is 0. The van der Waals surface area contributed by atoms with Gasteiger partial charge in [0, 0.05) is 13.0 Å². The van der Waals surface area contributed by atoms with Crippen molar-refractivity contribution in [3.05, 3.63) is 35.9 Å². The summed E-state index contributed by atoms with van der Waals surface area (Å²) in [6.45, 7) is 0. The summed E-state index contributed by atoms with van der Waals surface area (Å²) in [5.74, 6) is 0.0110. The molecule has 2 bridgehead atoms. The van der Waals surface area contributed by atoms with E-state index >= 15 is 0 Å². The maximum atomic E-state index is 12.2. The first-order valence-corrected chi connectivity index (χ1v) is 5.53. The summed E-state index contributed by atoms with van der Waals surface area (Å²) in [5.41, 5.74) is 0.643. The zero-order valence-electron chi connectivity index (χ0n) is 9.14. The molecule has 3 heteroatoms. The van der Waals surface area contributed by atoms with Crippen molar-refractivity contribution in [3.63, 3.8) is 0 Å². The van der Waals surface area contributed by atoms with Crippen molar-refractivity contribution in [2.24, 2.45) is 5.92 Å². The Morgan fingerprint density at radius 3 is 2.44 bits per heavy atom. The van der Waals surface area contributed by atoms with Gasteiger partial charge in [-0.15, -0.1) is 0 Å². The molecule has 16 heavy (non-hydrogen) atoms. The Labute approximate surface area is 94.1 Å². The summed E-state index contributed by atoms with van der Waals surface area (Å²) in [4.78, 5) is 25.1. The third-order valence-electron chi connectivity index (χ3n) is 3.91. The fraction of sp³-hybridized carbons (Fsp3) is 0.385. The van der Waals surface area contributed by atoms with Gasteiger partial charge in [0.2, 0.25) is 11.8 Å². The van der Waals surface area contributed by atoms with E-state index < -0.39 is 5.41 Å². The Kier molecular flexibility index (Phi) is 1.76. The smallest absolute Gasteiger partial charge is 0.239 e. The average molecular weight is 215 g/mol. The number of fused-ring (bicyclic) bond motifs is 2. The molecule has 2 saturated heterocycles. The lowest BCUT2D eigenvalue weighted by Gasteiger charge is -2.52. The SMILES string of the molecule is CN1C(=O)C2CC(c3ccccc3)(C2)C1=O. The van der Waals surface area contributed by atoms with Crippen LogP contribution in [-0.2, 0) is 15.0 Å². The quantitative estimate of drug-likeness (QED) is 0.663. The van der Waals surface area contributed by atoms with E-state index in [2.05, 4.69) is 0 Å². The van der Waals surface area contributed by atoms with Crippen LogP contribution in [0.1, 0.15) is 18.4 Å². The number of carbonyl (C=O) groups excluding carboxylic acids is 2. The zero-order chi connectivity index (χ0) is 11.3. The molecule has 3 fully saturated rings. The van der Waals surface area contributed by atoms with E-state index in [1.807, 2.05) is 30.3 Å². The van der Waals surface area contributed by atoms with Gasteiger partial charge in [0.05, 0.1) is 5.41 Å². The van der Waals surface area contributed by atoms with Crippen molar-refractivity contribution < 1.29 is 9.59 Å². The minimum Gasteiger partial charge on any atom is -0.285 e. The highest BCUT2D eigenvalue weighted by atomic mass is 16.2. The lowest BCUT2D eigenvalue weighted by Crippen LogP contribution is -2.64. The van der Waals surface area contributed by atoms with Gasteiger partial charge in [-0.3, -0.25) is 14.5 Å². The molecular formula is C13H13NO2. The van der Waals surface area contributed by atoms with Crippen LogP contribution in [0.5, 0.6) is 0 Å². The standard InChI is InChI=1S/C13H13NO2/c1-14-11(15)9-7-13(8-9,12(14)16)10-5-3-2-4-6-10/h2-6,9H,7-8H2,1H3. The maximum absolute atomic E-state index is 12.2. The average Bonchev–Trinajstić information content (AvgIpc) is 2.25. The summed E-state index contributed by atoms with van der Waals surface area (Å²) in [6.07, 6.45) is 1.39. The number of imide groups is 1. The van der Waals surface area contributed by atoms with E-state index in [1.54, 1.807) is 7.05 Å². The number of amides is 2. The summed E-state index contributed by atoms with van der Waals surface area (Å²) >= 11 is 0. The molecule has 1 aliphatic carbocycles. The molecule has 82 valence electrons. The lowest BCUT2D eigenvalue weighted by molar-refractivity contribution is -0.166. The van der Waals surface area contributed by atoms with E-state index in [9.17, 15) is 9.59 Å². The molecule has 0 radical (unpaired) electrons. The second-order valence-corrected chi connectivity index (χ2v) is 4.76. The van der Waals surface area contributed by atoms with Crippen LogP contribution in [0.4, 0.5) is 0 Å². The van der Waals surface area contributed by atoms with Gasteiger partial charge < -0.3 is 0 Å². The van der Waals surface area contributed by atoms with Crippen LogP contribution in [0.3, 0.4) is 0 Å². The van der Waals surface area contributed by atoms with Gasteiger partial charge in [0.25, 0.3) is 0 Å². The van der Waals surface area contributed by atoms with Gasteiger partial charge in [-0.25, -0.2) is 0 Å². The van der Waals surface area contributed by atoms with Crippen LogP contribution in [0.25, 0.3) is 0 Å². The first-order valence-electron chi connectivity index (χ1n) is 5.53. The number of nitrogens with zero attached hydrogens (tertiary/aromatic N) is 1. The summed E-state index contributed by atoms with van der Waals surface area (Å²) < 4.78 is 0. The van der Waals surface area contributed by atoms with Gasteiger partial charge in [-0.1, -0.05) is 30.3 Å². The van der Waals surface area contributed by atoms with Crippen LogP contribution in [0.2, 0.25) is 0 Å². The predicted molar refractivity (Wildman–Crippen MR) is 58.6 cm³/mol. The molecular weight excluding hydrogens is 202 g/mol. The molecule has 3 nitrogen and oxygen atoms in total. The molecule has 2 heterocycles. The van der Waals surface area contributed by atoms with Crippen molar-refractivity contribution in [2.45, 2.75) is 18.3 Å². The maximum Gasteiger partial charge on any atom is 0.239 e. The van der Waals surface area contributed by atoms with E-state index in [4.69, 9.17) is 0 Å². The van der Waals surface area contributed by atoms with Crippen molar-refractivity contribution in [1.82, 2.24) is 4.90 Å². The number of benzene rings is 1. The van der Waals surface area contributed by atoms with Crippen LogP contribution >= 0.6 is 0 Å². The molecule has 2 amide bonds. The molecule has 0 spiro atoms. The van der Waals surface area contributed by atoms with Crippen molar-refractivity contribution in [1.29, 1.82) is 0 Å². The van der Waals surface area contributed by atoms with Crippen LogP contribution < -0.4 is 0 Å². The first-order chi connectivity index (χ1) is 7.65. The Bertz CT molecular complexity index is 460. The molecule has 4 rings (SSSR count). The molecule has 0 unspecified atom stereocenters. The highest BCUT2D eigenvalue weighted by Crippen LogP contribution is 2.52. The Hall–Kier alpha value is -1.64. The molecule has 2 aliphatic heterocycles. The molecule has 0 N–H and O–H groups in total. The van der Waals surface area contributed by atoms with Gasteiger partial charge in [0.15, 0.2) is 0 Å². The van der Waals surface area contributed by atoms with Gasteiger partial charge >= 0.3 is 0 Å².